The van der Waals surface area contributed by atoms with Crippen molar-refractivity contribution in [2.45, 2.75) is 63.3 Å². The number of nitrogens with one attached hydrogen (secondary N) is 1. The first-order valence-corrected chi connectivity index (χ1v) is 6.86. The molecule has 1 aliphatic heterocycles. The summed E-state index contributed by atoms with van der Waals surface area (Å²) >= 11 is 0. The zero-order valence-electron chi connectivity index (χ0n) is 9.73. The second-order valence-corrected chi connectivity index (χ2v) is 5.60. The summed E-state index contributed by atoms with van der Waals surface area (Å²) in [5, 5.41) is 3.86. The van der Waals surface area contributed by atoms with Crippen LogP contribution in [0.4, 0.5) is 0 Å². The maximum absolute atomic E-state index is 3.86. The van der Waals surface area contributed by atoms with Gasteiger partial charge < -0.3 is 5.32 Å². The van der Waals surface area contributed by atoms with Crippen LogP contribution in [0.1, 0.15) is 57.8 Å². The molecule has 1 heteroatoms. The van der Waals surface area contributed by atoms with Crippen LogP contribution in [0.15, 0.2) is 11.6 Å². The van der Waals surface area contributed by atoms with E-state index in [1.54, 1.807) is 5.57 Å². The van der Waals surface area contributed by atoms with E-state index >= 15 is 0 Å². The van der Waals surface area contributed by atoms with Crippen LogP contribution in [0.5, 0.6) is 0 Å². The average molecular weight is 205 g/mol. The first-order valence-electron chi connectivity index (χ1n) is 6.86. The van der Waals surface area contributed by atoms with Crippen molar-refractivity contribution >= 4 is 0 Å². The van der Waals surface area contributed by atoms with Crippen molar-refractivity contribution in [3.05, 3.63) is 11.6 Å². The van der Waals surface area contributed by atoms with Crippen molar-refractivity contribution in [1.82, 2.24) is 5.32 Å². The second-order valence-electron chi connectivity index (χ2n) is 5.60. The largest absolute Gasteiger partial charge is 0.307 e. The molecule has 15 heavy (non-hydrogen) atoms. The van der Waals surface area contributed by atoms with Crippen LogP contribution in [0.3, 0.4) is 0 Å². The molecule has 0 spiro atoms. The molecule has 1 atom stereocenters. The lowest BCUT2D eigenvalue weighted by molar-refractivity contribution is 0.374. The molecule has 1 unspecified atom stereocenters. The number of allylic oxidation sites excluding steroid dienone is 1. The number of hydrogen-bond acceptors (Lipinski definition) is 1. The Kier molecular flexibility index (Phi) is 2.59. The third-order valence-electron chi connectivity index (χ3n) is 4.58. The molecule has 2 aliphatic carbocycles. The highest BCUT2D eigenvalue weighted by molar-refractivity contribution is 5.27. The van der Waals surface area contributed by atoms with Crippen LogP contribution in [-0.2, 0) is 0 Å². The highest BCUT2D eigenvalue weighted by atomic mass is 15.0. The highest BCUT2D eigenvalue weighted by Gasteiger charge is 2.48. The molecule has 1 N–H and O–H groups in total. The molecule has 1 heterocycles. The van der Waals surface area contributed by atoms with E-state index < -0.39 is 0 Å². The maximum Gasteiger partial charge on any atom is 0.0422 e. The van der Waals surface area contributed by atoms with E-state index in [-0.39, 0.29) is 0 Å². The summed E-state index contributed by atoms with van der Waals surface area (Å²) in [5.74, 6) is 0.990. The topological polar surface area (TPSA) is 12.0 Å². The highest BCUT2D eigenvalue weighted by Crippen LogP contribution is 2.49. The molecule has 0 radical (unpaired) electrons. The van der Waals surface area contributed by atoms with Gasteiger partial charge in [0.25, 0.3) is 0 Å². The van der Waals surface area contributed by atoms with Crippen molar-refractivity contribution in [1.29, 1.82) is 0 Å². The van der Waals surface area contributed by atoms with Gasteiger partial charge in [-0.05, 0) is 63.8 Å². The molecule has 1 nitrogen and oxygen atoms in total. The van der Waals surface area contributed by atoms with E-state index in [2.05, 4.69) is 11.4 Å². The minimum atomic E-state index is 0.477. The quantitative estimate of drug-likeness (QED) is 0.681. The fourth-order valence-electron chi connectivity index (χ4n) is 3.65. The molecule has 1 saturated carbocycles. The van der Waals surface area contributed by atoms with Gasteiger partial charge in [-0.3, -0.25) is 0 Å². The van der Waals surface area contributed by atoms with E-state index in [9.17, 15) is 0 Å². The average Bonchev–Trinajstić information content (AvgIpc) is 3.05. The van der Waals surface area contributed by atoms with Gasteiger partial charge in [0, 0.05) is 5.54 Å². The smallest absolute Gasteiger partial charge is 0.0422 e. The third-order valence-corrected chi connectivity index (χ3v) is 4.58. The van der Waals surface area contributed by atoms with Gasteiger partial charge in [-0.15, -0.1) is 0 Å². The van der Waals surface area contributed by atoms with Crippen LogP contribution < -0.4 is 5.32 Å². The van der Waals surface area contributed by atoms with E-state index in [4.69, 9.17) is 0 Å². The minimum absolute atomic E-state index is 0.477. The van der Waals surface area contributed by atoms with Gasteiger partial charge in [0.15, 0.2) is 0 Å². The summed E-state index contributed by atoms with van der Waals surface area (Å²) in [6.07, 6.45) is 15.4. The van der Waals surface area contributed by atoms with Gasteiger partial charge in [0.2, 0.25) is 0 Å². The van der Waals surface area contributed by atoms with Crippen molar-refractivity contribution in [2.75, 3.05) is 6.54 Å². The van der Waals surface area contributed by atoms with Gasteiger partial charge in [0.05, 0.1) is 0 Å². The van der Waals surface area contributed by atoms with E-state index in [1.807, 2.05) is 0 Å². The summed E-state index contributed by atoms with van der Waals surface area (Å²) in [5.41, 5.74) is 2.27. The summed E-state index contributed by atoms with van der Waals surface area (Å²) in [6, 6.07) is 0. The Morgan fingerprint density at radius 2 is 2.07 bits per heavy atom. The molecule has 2 fully saturated rings. The van der Waals surface area contributed by atoms with Crippen molar-refractivity contribution in [3.8, 4) is 0 Å². The van der Waals surface area contributed by atoms with E-state index in [0.717, 1.165) is 5.92 Å². The zero-order valence-corrected chi connectivity index (χ0v) is 9.73. The Balaban J connectivity index is 1.83. The molecule has 0 aromatic rings. The number of hydrogen-bond donors (Lipinski definition) is 1. The van der Waals surface area contributed by atoms with Gasteiger partial charge in [0.1, 0.15) is 0 Å². The van der Waals surface area contributed by atoms with Crippen molar-refractivity contribution in [2.24, 2.45) is 5.92 Å². The fraction of sp³-hybridized carbons (Fsp3) is 0.857. The van der Waals surface area contributed by atoms with Crippen LogP contribution in [0, 0.1) is 5.92 Å². The van der Waals surface area contributed by atoms with E-state index in [1.165, 1.54) is 64.3 Å². The molecule has 0 aromatic carbocycles. The summed E-state index contributed by atoms with van der Waals surface area (Å²) in [6.45, 7) is 1.26. The SMILES string of the molecule is C1=C(C2(C3CC3)CCCN2)CCCCC1. The summed E-state index contributed by atoms with van der Waals surface area (Å²) < 4.78 is 0. The van der Waals surface area contributed by atoms with Crippen molar-refractivity contribution < 1.29 is 0 Å². The van der Waals surface area contributed by atoms with Gasteiger partial charge in [-0.1, -0.05) is 18.1 Å². The second kappa shape index (κ2) is 3.93. The Labute approximate surface area is 93.3 Å². The summed E-state index contributed by atoms with van der Waals surface area (Å²) in [4.78, 5) is 0. The Hall–Kier alpha value is -0.300. The van der Waals surface area contributed by atoms with E-state index in [0.29, 0.717) is 5.54 Å². The minimum Gasteiger partial charge on any atom is -0.307 e. The molecule has 0 bridgehead atoms. The molecular weight excluding hydrogens is 182 g/mol. The molecule has 1 saturated heterocycles. The van der Waals surface area contributed by atoms with Gasteiger partial charge in [-0.25, -0.2) is 0 Å². The Morgan fingerprint density at radius 1 is 1.13 bits per heavy atom. The molecule has 0 amide bonds. The van der Waals surface area contributed by atoms with Gasteiger partial charge in [-0.2, -0.15) is 0 Å². The van der Waals surface area contributed by atoms with Crippen LogP contribution in [-0.4, -0.2) is 12.1 Å². The molecule has 3 rings (SSSR count). The normalized spacial score (nSPS) is 37.5. The lowest BCUT2D eigenvalue weighted by Gasteiger charge is -2.33. The Morgan fingerprint density at radius 3 is 2.80 bits per heavy atom. The predicted octanol–water partition coefficient (Wildman–Crippen LogP) is 3.41. The van der Waals surface area contributed by atoms with Gasteiger partial charge >= 0.3 is 0 Å². The molecule has 84 valence electrons. The first kappa shape index (κ1) is 9.89. The lowest BCUT2D eigenvalue weighted by Crippen LogP contribution is -2.44. The van der Waals surface area contributed by atoms with Crippen LogP contribution in [0.25, 0.3) is 0 Å². The predicted molar refractivity (Wildman–Crippen MR) is 63.9 cm³/mol. The molecule has 0 aromatic heterocycles. The monoisotopic (exact) mass is 205 g/mol. The third kappa shape index (κ3) is 1.75. The first-order chi connectivity index (χ1) is 7.42. The molecule has 3 aliphatic rings. The Bertz CT molecular complexity index is 257. The lowest BCUT2D eigenvalue weighted by atomic mass is 9.81. The summed E-state index contributed by atoms with van der Waals surface area (Å²) in [7, 11) is 0. The van der Waals surface area contributed by atoms with Crippen LogP contribution >= 0.6 is 0 Å². The number of rotatable bonds is 2. The maximum atomic E-state index is 3.86. The van der Waals surface area contributed by atoms with Crippen molar-refractivity contribution in [3.63, 3.8) is 0 Å². The van der Waals surface area contributed by atoms with Crippen LogP contribution in [0.2, 0.25) is 0 Å². The zero-order chi connectivity index (χ0) is 10.1. The standard InChI is InChI=1S/C14H23N/c1-2-4-7-12(6-3-1)14(13-8-9-13)10-5-11-15-14/h6,13,15H,1-5,7-11H2. The molecular formula is C14H23N. The fourth-order valence-corrected chi connectivity index (χ4v) is 3.65.